The summed E-state index contributed by atoms with van der Waals surface area (Å²) in [6.45, 7) is 4.15. The molecule has 0 fully saturated rings. The fourth-order valence-corrected chi connectivity index (χ4v) is 1.85. The lowest BCUT2D eigenvalue weighted by molar-refractivity contribution is 0.249. The summed E-state index contributed by atoms with van der Waals surface area (Å²) in [5.41, 5.74) is 2.18. The van der Waals surface area contributed by atoms with Gasteiger partial charge in [0.2, 0.25) is 0 Å². The molecule has 1 heterocycles. The number of aryl methyl sites for hydroxylation is 1. The van der Waals surface area contributed by atoms with Crippen molar-refractivity contribution in [2.45, 2.75) is 19.9 Å². The number of anilines is 1. The molecule has 0 radical (unpaired) electrons. The second-order valence-electron chi connectivity index (χ2n) is 4.79. The molecule has 18 heavy (non-hydrogen) atoms. The number of oxazole rings is 1. The highest BCUT2D eigenvalue weighted by molar-refractivity contribution is 5.77. The van der Waals surface area contributed by atoms with Gasteiger partial charge in [-0.2, -0.15) is 0 Å². The molecule has 0 aliphatic heterocycles. The minimum absolute atomic E-state index is 0.00798. The van der Waals surface area contributed by atoms with Gasteiger partial charge >= 0.3 is 5.76 Å². The number of benzene rings is 1. The maximum Gasteiger partial charge on any atom is 0.419 e. The van der Waals surface area contributed by atoms with Gasteiger partial charge in [0.05, 0.1) is 18.2 Å². The Kier molecular flexibility index (Phi) is 3.43. The molecule has 2 rings (SSSR count). The van der Waals surface area contributed by atoms with Gasteiger partial charge in [-0.25, -0.2) is 4.79 Å². The summed E-state index contributed by atoms with van der Waals surface area (Å²) in [6.07, 6.45) is 0. The first kappa shape index (κ1) is 12.7. The number of nitrogens with zero attached hydrogens (tertiary/aromatic N) is 1. The van der Waals surface area contributed by atoms with Crippen LogP contribution in [-0.2, 0) is 7.05 Å². The van der Waals surface area contributed by atoms with Gasteiger partial charge < -0.3 is 14.8 Å². The van der Waals surface area contributed by atoms with Crippen molar-refractivity contribution in [3.63, 3.8) is 0 Å². The summed E-state index contributed by atoms with van der Waals surface area (Å²) < 4.78 is 6.52. The standard InChI is InChI=1S/C13H18N2O3/c1-8(2)10(7-16)14-9-4-5-12-11(6-9)15(3)13(17)18-12/h4-6,8,10,14,16H,7H2,1-3H3. The first-order valence-electron chi connectivity index (χ1n) is 6.00. The van der Waals surface area contributed by atoms with Crippen molar-refractivity contribution in [1.29, 1.82) is 0 Å². The average Bonchev–Trinajstić information content (AvgIpc) is 2.62. The van der Waals surface area contributed by atoms with Gasteiger partial charge in [0.25, 0.3) is 0 Å². The maximum atomic E-state index is 11.4. The molecular weight excluding hydrogens is 232 g/mol. The van der Waals surface area contributed by atoms with E-state index in [0.29, 0.717) is 11.5 Å². The number of nitrogens with one attached hydrogen (secondary N) is 1. The average molecular weight is 250 g/mol. The van der Waals surface area contributed by atoms with Gasteiger partial charge in [-0.05, 0) is 24.1 Å². The fraction of sp³-hybridized carbons (Fsp3) is 0.462. The van der Waals surface area contributed by atoms with E-state index in [0.717, 1.165) is 11.2 Å². The Morgan fingerprint density at radius 3 is 2.78 bits per heavy atom. The largest absolute Gasteiger partial charge is 0.419 e. The highest BCUT2D eigenvalue weighted by atomic mass is 16.4. The van der Waals surface area contributed by atoms with Gasteiger partial charge in [0.15, 0.2) is 5.58 Å². The maximum absolute atomic E-state index is 11.4. The van der Waals surface area contributed by atoms with E-state index in [1.165, 1.54) is 4.57 Å². The number of hydrogen-bond donors (Lipinski definition) is 2. The predicted molar refractivity (Wildman–Crippen MR) is 70.8 cm³/mol. The minimum Gasteiger partial charge on any atom is -0.408 e. The van der Waals surface area contributed by atoms with Crippen molar-refractivity contribution in [2.24, 2.45) is 13.0 Å². The topological polar surface area (TPSA) is 67.4 Å². The molecule has 1 unspecified atom stereocenters. The molecule has 1 aromatic heterocycles. The summed E-state index contributed by atoms with van der Waals surface area (Å²) in [4.78, 5) is 11.4. The van der Waals surface area contributed by atoms with Gasteiger partial charge in [0, 0.05) is 12.7 Å². The van der Waals surface area contributed by atoms with Gasteiger partial charge in [-0.15, -0.1) is 0 Å². The molecule has 0 aliphatic rings. The first-order valence-corrected chi connectivity index (χ1v) is 6.00. The fourth-order valence-electron chi connectivity index (χ4n) is 1.85. The van der Waals surface area contributed by atoms with Crippen LogP contribution < -0.4 is 11.1 Å². The lowest BCUT2D eigenvalue weighted by Gasteiger charge is -2.21. The molecule has 1 aromatic carbocycles. The van der Waals surface area contributed by atoms with Crippen molar-refractivity contribution in [3.05, 3.63) is 28.7 Å². The molecular formula is C13H18N2O3. The summed E-state index contributed by atoms with van der Waals surface area (Å²) in [7, 11) is 1.67. The zero-order valence-corrected chi connectivity index (χ0v) is 10.8. The van der Waals surface area contributed by atoms with E-state index in [1.54, 1.807) is 13.1 Å². The molecule has 2 aromatic rings. The molecule has 0 spiro atoms. The van der Waals surface area contributed by atoms with Crippen LogP contribution in [0.5, 0.6) is 0 Å². The van der Waals surface area contributed by atoms with Crippen LogP contribution in [0.4, 0.5) is 5.69 Å². The first-order chi connectivity index (χ1) is 8.52. The zero-order chi connectivity index (χ0) is 13.3. The normalized spacial score (nSPS) is 13.2. The summed E-state index contributed by atoms with van der Waals surface area (Å²) >= 11 is 0. The van der Waals surface area contributed by atoms with Crippen LogP contribution in [-0.4, -0.2) is 22.3 Å². The molecule has 0 aliphatic carbocycles. The van der Waals surface area contributed by atoms with Crippen molar-refractivity contribution >= 4 is 16.8 Å². The Morgan fingerprint density at radius 2 is 2.17 bits per heavy atom. The van der Waals surface area contributed by atoms with Crippen LogP contribution in [0.25, 0.3) is 11.1 Å². The quantitative estimate of drug-likeness (QED) is 0.864. The minimum atomic E-state index is -0.371. The van der Waals surface area contributed by atoms with Crippen LogP contribution in [0.2, 0.25) is 0 Å². The van der Waals surface area contributed by atoms with Gasteiger partial charge in [-0.1, -0.05) is 13.8 Å². The van der Waals surface area contributed by atoms with E-state index in [1.807, 2.05) is 26.0 Å². The Hall–Kier alpha value is -1.75. The predicted octanol–water partition coefficient (Wildman–Crippen LogP) is 1.56. The number of aromatic nitrogens is 1. The third kappa shape index (κ3) is 2.26. The van der Waals surface area contributed by atoms with E-state index < -0.39 is 0 Å². The third-order valence-corrected chi connectivity index (χ3v) is 3.14. The van der Waals surface area contributed by atoms with Crippen molar-refractivity contribution in [3.8, 4) is 0 Å². The smallest absolute Gasteiger partial charge is 0.408 e. The van der Waals surface area contributed by atoms with E-state index in [2.05, 4.69) is 5.32 Å². The molecule has 0 saturated carbocycles. The highest BCUT2D eigenvalue weighted by Gasteiger charge is 2.13. The summed E-state index contributed by atoms with van der Waals surface area (Å²) in [5.74, 6) is -0.0522. The number of aliphatic hydroxyl groups is 1. The molecule has 0 saturated heterocycles. The Balaban J connectivity index is 2.35. The molecule has 98 valence electrons. The van der Waals surface area contributed by atoms with Gasteiger partial charge in [0.1, 0.15) is 0 Å². The van der Waals surface area contributed by atoms with Crippen molar-refractivity contribution < 1.29 is 9.52 Å². The van der Waals surface area contributed by atoms with Crippen LogP contribution in [0, 0.1) is 5.92 Å². The number of hydrogen-bond acceptors (Lipinski definition) is 4. The van der Waals surface area contributed by atoms with Crippen LogP contribution in [0.15, 0.2) is 27.4 Å². The number of aliphatic hydroxyl groups excluding tert-OH is 1. The summed E-state index contributed by atoms with van der Waals surface area (Å²) in [5, 5.41) is 12.5. The molecule has 0 bridgehead atoms. The van der Waals surface area contributed by atoms with E-state index in [-0.39, 0.29) is 18.4 Å². The molecule has 1 atom stereocenters. The van der Waals surface area contributed by atoms with Crippen molar-refractivity contribution in [2.75, 3.05) is 11.9 Å². The van der Waals surface area contributed by atoms with Crippen LogP contribution in [0.1, 0.15) is 13.8 Å². The van der Waals surface area contributed by atoms with Gasteiger partial charge in [-0.3, -0.25) is 4.57 Å². The number of fused-ring (bicyclic) bond motifs is 1. The molecule has 5 nitrogen and oxygen atoms in total. The Labute approximate surface area is 105 Å². The molecule has 0 amide bonds. The Morgan fingerprint density at radius 1 is 1.44 bits per heavy atom. The van der Waals surface area contributed by atoms with E-state index in [4.69, 9.17) is 4.42 Å². The van der Waals surface area contributed by atoms with Crippen molar-refractivity contribution in [1.82, 2.24) is 4.57 Å². The zero-order valence-electron chi connectivity index (χ0n) is 10.8. The third-order valence-electron chi connectivity index (χ3n) is 3.14. The van der Waals surface area contributed by atoms with Crippen LogP contribution in [0.3, 0.4) is 0 Å². The highest BCUT2D eigenvalue weighted by Crippen LogP contribution is 2.19. The van der Waals surface area contributed by atoms with Crippen LogP contribution >= 0.6 is 0 Å². The second-order valence-corrected chi connectivity index (χ2v) is 4.79. The summed E-state index contributed by atoms with van der Waals surface area (Å²) in [6, 6.07) is 5.45. The lowest BCUT2D eigenvalue weighted by atomic mass is 10.1. The second kappa shape index (κ2) is 4.86. The Bertz CT molecular complexity index is 598. The van der Waals surface area contributed by atoms with E-state index in [9.17, 15) is 9.90 Å². The van der Waals surface area contributed by atoms with E-state index >= 15 is 0 Å². The SMILES string of the molecule is CC(C)C(CO)Nc1ccc2oc(=O)n(C)c2c1. The monoisotopic (exact) mass is 250 g/mol. The molecule has 5 heteroatoms. The number of rotatable bonds is 4. The molecule has 2 N–H and O–H groups in total. The lowest BCUT2D eigenvalue weighted by Crippen LogP contribution is -2.29.